The number of benzene rings is 1. The molecule has 1 aliphatic carbocycles. The third-order valence-electron chi connectivity index (χ3n) is 3.96. The maximum Gasteiger partial charge on any atom is 0.227 e. The highest BCUT2D eigenvalue weighted by molar-refractivity contribution is 6.02. The second-order valence-electron chi connectivity index (χ2n) is 5.30. The fraction of sp³-hybridized carbons (Fsp3) is 0.375. The molecule has 0 bridgehead atoms. The van der Waals surface area contributed by atoms with Crippen LogP contribution < -0.4 is 5.32 Å². The minimum Gasteiger partial charge on any atom is -0.325 e. The first-order valence-corrected chi connectivity index (χ1v) is 6.91. The lowest BCUT2D eigenvalue weighted by molar-refractivity contribution is -0.119. The number of carbonyl (C=O) groups excluding carboxylic acids is 1. The standard InChI is InChI=1S/C16H18N2O/c1-11-8-9-14(13-7-4-10-17-15(11)13)18-16(19)12-5-2-3-6-12/h4,7-10,12H,2-3,5-6H2,1H3,(H,18,19). The van der Waals surface area contributed by atoms with Gasteiger partial charge in [0.2, 0.25) is 5.91 Å². The van der Waals surface area contributed by atoms with Crippen molar-refractivity contribution in [3.8, 4) is 0 Å². The molecule has 0 unspecified atom stereocenters. The van der Waals surface area contributed by atoms with Crippen molar-refractivity contribution in [2.24, 2.45) is 5.92 Å². The van der Waals surface area contributed by atoms with Crippen molar-refractivity contribution in [1.82, 2.24) is 4.98 Å². The molecule has 3 nitrogen and oxygen atoms in total. The molecule has 98 valence electrons. The summed E-state index contributed by atoms with van der Waals surface area (Å²) in [6.45, 7) is 2.04. The van der Waals surface area contributed by atoms with E-state index < -0.39 is 0 Å². The van der Waals surface area contributed by atoms with Crippen LogP contribution in [0.15, 0.2) is 30.5 Å². The van der Waals surface area contributed by atoms with Crippen LogP contribution in [0.4, 0.5) is 5.69 Å². The first-order chi connectivity index (χ1) is 9.25. The van der Waals surface area contributed by atoms with E-state index in [9.17, 15) is 4.79 Å². The molecule has 3 heteroatoms. The summed E-state index contributed by atoms with van der Waals surface area (Å²) in [4.78, 5) is 16.6. The molecule has 0 saturated heterocycles. The molecule has 2 aromatic rings. The summed E-state index contributed by atoms with van der Waals surface area (Å²) in [6.07, 6.45) is 6.18. The van der Waals surface area contributed by atoms with Crippen molar-refractivity contribution in [2.45, 2.75) is 32.6 Å². The van der Waals surface area contributed by atoms with E-state index in [4.69, 9.17) is 0 Å². The van der Waals surface area contributed by atoms with Crippen LogP contribution >= 0.6 is 0 Å². The van der Waals surface area contributed by atoms with Gasteiger partial charge in [0.05, 0.1) is 11.2 Å². The molecular weight excluding hydrogens is 236 g/mol. The summed E-state index contributed by atoms with van der Waals surface area (Å²) in [5, 5.41) is 4.10. The molecule has 0 aliphatic heterocycles. The monoisotopic (exact) mass is 254 g/mol. The summed E-state index contributed by atoms with van der Waals surface area (Å²) in [6, 6.07) is 7.92. The lowest BCUT2D eigenvalue weighted by Gasteiger charge is -2.13. The minimum absolute atomic E-state index is 0.159. The Balaban J connectivity index is 1.92. The van der Waals surface area contributed by atoms with Crippen molar-refractivity contribution in [1.29, 1.82) is 0 Å². The molecule has 0 radical (unpaired) electrons. The molecule has 0 atom stereocenters. The number of rotatable bonds is 2. The van der Waals surface area contributed by atoms with Crippen LogP contribution in [0.3, 0.4) is 0 Å². The zero-order valence-electron chi connectivity index (χ0n) is 11.1. The van der Waals surface area contributed by atoms with E-state index in [0.717, 1.165) is 35.0 Å². The number of aryl methyl sites for hydroxylation is 1. The van der Waals surface area contributed by atoms with Crippen LogP contribution in [0.25, 0.3) is 10.9 Å². The Morgan fingerprint density at radius 2 is 2.05 bits per heavy atom. The number of amides is 1. The Labute approximate surface area is 113 Å². The van der Waals surface area contributed by atoms with Gasteiger partial charge in [0.1, 0.15) is 0 Å². The Morgan fingerprint density at radius 1 is 1.26 bits per heavy atom. The van der Waals surface area contributed by atoms with Gasteiger partial charge in [-0.25, -0.2) is 0 Å². The second kappa shape index (κ2) is 5.00. The van der Waals surface area contributed by atoms with E-state index in [-0.39, 0.29) is 11.8 Å². The van der Waals surface area contributed by atoms with Gasteiger partial charge < -0.3 is 5.32 Å². The summed E-state index contributed by atoms with van der Waals surface area (Å²) >= 11 is 0. The van der Waals surface area contributed by atoms with Gasteiger partial charge in [-0.15, -0.1) is 0 Å². The lowest BCUT2D eigenvalue weighted by atomic mass is 10.1. The average molecular weight is 254 g/mol. The van der Waals surface area contributed by atoms with Gasteiger partial charge in [0.25, 0.3) is 0 Å². The van der Waals surface area contributed by atoms with Crippen LogP contribution in [0.2, 0.25) is 0 Å². The van der Waals surface area contributed by atoms with Gasteiger partial charge in [-0.1, -0.05) is 18.9 Å². The van der Waals surface area contributed by atoms with Crippen LogP contribution in [0.5, 0.6) is 0 Å². The van der Waals surface area contributed by atoms with Crippen molar-refractivity contribution in [3.05, 3.63) is 36.0 Å². The molecule has 1 fully saturated rings. The molecule has 1 heterocycles. The van der Waals surface area contributed by atoms with E-state index in [1.165, 1.54) is 12.8 Å². The minimum atomic E-state index is 0.159. The van der Waals surface area contributed by atoms with E-state index in [1.807, 2.05) is 31.2 Å². The number of fused-ring (bicyclic) bond motifs is 1. The fourth-order valence-corrected chi connectivity index (χ4v) is 2.85. The molecule has 1 aromatic carbocycles. The molecule has 1 aliphatic rings. The average Bonchev–Trinajstić information content (AvgIpc) is 2.96. The highest BCUT2D eigenvalue weighted by atomic mass is 16.1. The quantitative estimate of drug-likeness (QED) is 0.888. The van der Waals surface area contributed by atoms with Crippen molar-refractivity contribution in [2.75, 3.05) is 5.32 Å². The van der Waals surface area contributed by atoms with Crippen LogP contribution in [0.1, 0.15) is 31.2 Å². The number of hydrogen-bond acceptors (Lipinski definition) is 2. The maximum atomic E-state index is 12.2. The van der Waals surface area contributed by atoms with Gasteiger partial charge in [-0.05, 0) is 43.5 Å². The largest absolute Gasteiger partial charge is 0.325 e. The molecule has 0 spiro atoms. The molecule has 3 rings (SSSR count). The zero-order chi connectivity index (χ0) is 13.2. The number of aromatic nitrogens is 1. The zero-order valence-corrected chi connectivity index (χ0v) is 11.1. The van der Waals surface area contributed by atoms with E-state index in [0.29, 0.717) is 0 Å². The van der Waals surface area contributed by atoms with Crippen LogP contribution in [-0.2, 0) is 4.79 Å². The van der Waals surface area contributed by atoms with E-state index in [1.54, 1.807) is 6.20 Å². The van der Waals surface area contributed by atoms with Gasteiger partial charge in [0.15, 0.2) is 0 Å². The Bertz CT molecular complexity index is 615. The van der Waals surface area contributed by atoms with E-state index >= 15 is 0 Å². The molecule has 1 aromatic heterocycles. The summed E-state index contributed by atoms with van der Waals surface area (Å²) < 4.78 is 0. The van der Waals surface area contributed by atoms with Crippen LogP contribution in [0, 0.1) is 12.8 Å². The first-order valence-electron chi connectivity index (χ1n) is 6.91. The Hall–Kier alpha value is -1.90. The number of hydrogen-bond donors (Lipinski definition) is 1. The van der Waals surface area contributed by atoms with Gasteiger partial charge >= 0.3 is 0 Å². The fourth-order valence-electron chi connectivity index (χ4n) is 2.85. The van der Waals surface area contributed by atoms with Gasteiger partial charge in [-0.3, -0.25) is 9.78 Å². The summed E-state index contributed by atoms with van der Waals surface area (Å²) in [7, 11) is 0. The second-order valence-corrected chi connectivity index (χ2v) is 5.30. The number of anilines is 1. The third-order valence-corrected chi connectivity index (χ3v) is 3.96. The Kier molecular flexibility index (Phi) is 3.20. The summed E-state index contributed by atoms with van der Waals surface area (Å²) in [5.74, 6) is 0.347. The lowest BCUT2D eigenvalue weighted by Crippen LogP contribution is -2.20. The normalized spacial score (nSPS) is 15.8. The first kappa shape index (κ1) is 12.2. The molecule has 1 N–H and O–H groups in total. The predicted octanol–water partition coefficient (Wildman–Crippen LogP) is 3.67. The topological polar surface area (TPSA) is 42.0 Å². The Morgan fingerprint density at radius 3 is 2.84 bits per heavy atom. The smallest absolute Gasteiger partial charge is 0.227 e. The van der Waals surface area contributed by atoms with Crippen molar-refractivity contribution >= 4 is 22.5 Å². The molecule has 1 saturated carbocycles. The molecule has 1 amide bonds. The van der Waals surface area contributed by atoms with Gasteiger partial charge in [-0.2, -0.15) is 0 Å². The highest BCUT2D eigenvalue weighted by Gasteiger charge is 2.23. The number of nitrogens with one attached hydrogen (secondary N) is 1. The van der Waals surface area contributed by atoms with Crippen LogP contribution in [-0.4, -0.2) is 10.9 Å². The third kappa shape index (κ3) is 2.33. The summed E-state index contributed by atoms with van der Waals surface area (Å²) in [5.41, 5.74) is 2.98. The highest BCUT2D eigenvalue weighted by Crippen LogP contribution is 2.28. The SMILES string of the molecule is Cc1ccc(NC(=O)C2CCCC2)c2cccnc12. The maximum absolute atomic E-state index is 12.2. The van der Waals surface area contributed by atoms with Crippen molar-refractivity contribution in [3.63, 3.8) is 0 Å². The number of pyridine rings is 1. The molecule has 19 heavy (non-hydrogen) atoms. The van der Waals surface area contributed by atoms with E-state index in [2.05, 4.69) is 10.3 Å². The number of nitrogens with zero attached hydrogens (tertiary/aromatic N) is 1. The van der Waals surface area contributed by atoms with Gasteiger partial charge in [0, 0.05) is 17.5 Å². The molecular formula is C16H18N2O. The van der Waals surface area contributed by atoms with Crippen molar-refractivity contribution < 1.29 is 4.79 Å². The number of carbonyl (C=O) groups is 1. The predicted molar refractivity (Wildman–Crippen MR) is 77.1 cm³/mol.